The van der Waals surface area contributed by atoms with Gasteiger partial charge in [0.25, 0.3) is 0 Å². The van der Waals surface area contributed by atoms with Gasteiger partial charge in [-0.2, -0.15) is 9.97 Å². The number of nitrogens with zero attached hydrogens (tertiary/aromatic N) is 4. The summed E-state index contributed by atoms with van der Waals surface area (Å²) in [5.74, 6) is -2.40. The van der Waals surface area contributed by atoms with E-state index in [1.807, 2.05) is 4.90 Å². The van der Waals surface area contributed by atoms with Crippen LogP contribution < -0.4 is 9.64 Å². The SMILES string of the molecule is O=S1CCOC12CCN(c1nc(OC[C@@]34CCCN3C[C@H](F)C4)nc3c(F)c(-c4cc(O)cc5ccc(F)c(F)c45)ccc13)CC2. The van der Waals surface area contributed by atoms with Gasteiger partial charge in [0.1, 0.15) is 34.8 Å². The van der Waals surface area contributed by atoms with Crippen molar-refractivity contribution in [1.82, 2.24) is 14.9 Å². The fourth-order valence-electron chi connectivity index (χ4n) is 7.87. The fourth-order valence-corrected chi connectivity index (χ4v) is 9.33. The third-order valence-corrected chi connectivity index (χ3v) is 12.0. The maximum Gasteiger partial charge on any atom is 0.319 e. The van der Waals surface area contributed by atoms with E-state index in [4.69, 9.17) is 14.5 Å². The average Bonchev–Trinajstić information content (AvgIpc) is 3.69. The van der Waals surface area contributed by atoms with Gasteiger partial charge < -0.3 is 19.5 Å². The van der Waals surface area contributed by atoms with Gasteiger partial charge in [-0.15, -0.1) is 0 Å². The minimum absolute atomic E-state index is 0.0322. The zero-order chi connectivity index (χ0) is 31.8. The monoisotopic (exact) mass is 656 g/mol. The minimum Gasteiger partial charge on any atom is -0.508 e. The van der Waals surface area contributed by atoms with Crippen LogP contribution in [0, 0.1) is 17.5 Å². The number of rotatable bonds is 5. The minimum atomic E-state index is -1.16. The second-order valence-corrected chi connectivity index (χ2v) is 14.6. The Bertz CT molecular complexity index is 1910. The largest absolute Gasteiger partial charge is 0.508 e. The quantitative estimate of drug-likeness (QED) is 0.278. The van der Waals surface area contributed by atoms with E-state index in [1.54, 1.807) is 6.07 Å². The molecule has 4 aromatic rings. The summed E-state index contributed by atoms with van der Waals surface area (Å²) >= 11 is 0. The van der Waals surface area contributed by atoms with Gasteiger partial charge in [0.2, 0.25) is 0 Å². The van der Waals surface area contributed by atoms with Crippen LogP contribution in [0.25, 0.3) is 32.8 Å². The number of aromatic nitrogens is 2. The summed E-state index contributed by atoms with van der Waals surface area (Å²) in [5, 5.41) is 10.8. The number of piperidine rings is 1. The molecule has 13 heteroatoms. The van der Waals surface area contributed by atoms with Crippen molar-refractivity contribution in [3.63, 3.8) is 0 Å². The second kappa shape index (κ2) is 11.0. The normalized spacial score (nSPS) is 26.0. The lowest BCUT2D eigenvalue weighted by Gasteiger charge is -2.38. The number of fused-ring (bicyclic) bond motifs is 3. The Labute approximate surface area is 264 Å². The Balaban J connectivity index is 1.23. The maximum absolute atomic E-state index is 16.7. The van der Waals surface area contributed by atoms with Gasteiger partial charge in [-0.1, -0.05) is 12.1 Å². The summed E-state index contributed by atoms with van der Waals surface area (Å²) in [6.07, 6.45) is 2.07. The highest BCUT2D eigenvalue weighted by Gasteiger charge is 2.49. The van der Waals surface area contributed by atoms with E-state index in [2.05, 4.69) is 9.88 Å². The van der Waals surface area contributed by atoms with Crippen molar-refractivity contribution >= 4 is 38.3 Å². The molecule has 1 aromatic heterocycles. The molecule has 0 saturated carbocycles. The first-order valence-corrected chi connectivity index (χ1v) is 16.9. The van der Waals surface area contributed by atoms with Gasteiger partial charge in [0.15, 0.2) is 17.5 Å². The number of ether oxygens (including phenoxy) is 2. The average molecular weight is 657 g/mol. The van der Waals surface area contributed by atoms with Crippen molar-refractivity contribution in [2.24, 2.45) is 0 Å². The van der Waals surface area contributed by atoms with Crippen molar-refractivity contribution in [1.29, 1.82) is 0 Å². The summed E-state index contributed by atoms with van der Waals surface area (Å²) in [6, 6.07) is 7.74. The highest BCUT2D eigenvalue weighted by Crippen LogP contribution is 2.43. The molecule has 8 rings (SSSR count). The van der Waals surface area contributed by atoms with Crippen LogP contribution in [-0.2, 0) is 15.5 Å². The van der Waals surface area contributed by atoms with Gasteiger partial charge in [-0.25, -0.2) is 17.6 Å². The van der Waals surface area contributed by atoms with Crippen molar-refractivity contribution in [3.8, 4) is 22.9 Å². The number of benzene rings is 3. The molecule has 4 aliphatic heterocycles. The number of anilines is 1. The number of phenolic OH excluding ortho intramolecular Hbond substituents is 1. The molecule has 0 bridgehead atoms. The molecule has 8 nitrogen and oxygen atoms in total. The zero-order valence-corrected chi connectivity index (χ0v) is 25.7. The van der Waals surface area contributed by atoms with Crippen molar-refractivity contribution in [2.45, 2.75) is 48.7 Å². The number of hydrogen-bond acceptors (Lipinski definition) is 8. The fraction of sp³-hybridized carbons (Fsp3) is 0.455. The Morgan fingerprint density at radius 1 is 1.02 bits per heavy atom. The van der Waals surface area contributed by atoms with Gasteiger partial charge in [0.05, 0.1) is 22.9 Å². The van der Waals surface area contributed by atoms with Crippen LogP contribution in [0.15, 0.2) is 36.4 Å². The van der Waals surface area contributed by atoms with Gasteiger partial charge in [-0.3, -0.25) is 9.11 Å². The summed E-state index contributed by atoms with van der Waals surface area (Å²) in [6.45, 7) is 2.60. The smallest absolute Gasteiger partial charge is 0.319 e. The van der Waals surface area contributed by atoms with E-state index in [0.29, 0.717) is 62.5 Å². The zero-order valence-electron chi connectivity index (χ0n) is 24.9. The molecule has 4 fully saturated rings. The summed E-state index contributed by atoms with van der Waals surface area (Å²) < 4.78 is 85.5. The summed E-state index contributed by atoms with van der Waals surface area (Å²) in [5.41, 5.74) is -0.697. The Morgan fingerprint density at radius 2 is 1.85 bits per heavy atom. The molecule has 4 aliphatic rings. The first-order valence-electron chi connectivity index (χ1n) is 15.6. The molecule has 0 radical (unpaired) electrons. The summed E-state index contributed by atoms with van der Waals surface area (Å²) in [7, 11) is -1.11. The summed E-state index contributed by atoms with van der Waals surface area (Å²) in [4.78, 5) is 12.6. The second-order valence-electron chi connectivity index (χ2n) is 12.8. The topological polar surface area (TPSA) is 88.0 Å². The highest BCUT2D eigenvalue weighted by molar-refractivity contribution is 7.86. The van der Waals surface area contributed by atoms with Gasteiger partial charge in [0, 0.05) is 61.0 Å². The van der Waals surface area contributed by atoms with E-state index < -0.39 is 44.9 Å². The van der Waals surface area contributed by atoms with Crippen LogP contribution in [0.2, 0.25) is 0 Å². The van der Waals surface area contributed by atoms with Crippen molar-refractivity contribution < 1.29 is 36.4 Å². The number of hydrogen-bond donors (Lipinski definition) is 1. The molecule has 0 amide bonds. The third kappa shape index (κ3) is 4.72. The van der Waals surface area contributed by atoms with Crippen molar-refractivity contribution in [3.05, 3.63) is 53.8 Å². The number of alkyl halides is 1. The maximum atomic E-state index is 16.7. The lowest BCUT2D eigenvalue weighted by Crippen LogP contribution is -2.46. The van der Waals surface area contributed by atoms with Crippen LogP contribution in [0.1, 0.15) is 32.1 Å². The number of halogens is 4. The standard InChI is InChI=1S/C33H32F4N4O4S/c34-20-16-32(6-1-9-41(32)17-20)18-44-31-38-29-23(30(39-31)40-10-7-33(8-11-40)45-12-13-46(33)43)4-3-22(27(29)36)24-15-21(42)14-19-2-5-25(35)28(37)26(19)24/h2-5,14-15,20,42H,1,6-13,16-18H2/t20-,32+,46?/m1/s1. The Hall–Kier alpha value is -3.55. The first-order chi connectivity index (χ1) is 22.2. The molecule has 46 heavy (non-hydrogen) atoms. The predicted molar refractivity (Wildman–Crippen MR) is 166 cm³/mol. The molecule has 5 heterocycles. The van der Waals surface area contributed by atoms with Crippen LogP contribution in [-0.4, -0.2) is 86.0 Å². The lowest BCUT2D eigenvalue weighted by molar-refractivity contribution is 0.0309. The van der Waals surface area contributed by atoms with E-state index in [1.165, 1.54) is 24.3 Å². The van der Waals surface area contributed by atoms with Crippen LogP contribution in [0.4, 0.5) is 23.4 Å². The Kier molecular flexibility index (Phi) is 7.15. The molecule has 1 N–H and O–H groups in total. The van der Waals surface area contributed by atoms with Crippen LogP contribution in [0.5, 0.6) is 11.8 Å². The lowest BCUT2D eigenvalue weighted by atomic mass is 9.95. The number of phenols is 1. The highest BCUT2D eigenvalue weighted by atomic mass is 32.2. The molecule has 3 atom stereocenters. The van der Waals surface area contributed by atoms with Gasteiger partial charge in [-0.05, 0) is 54.6 Å². The molecule has 0 aliphatic carbocycles. The molecule has 242 valence electrons. The Morgan fingerprint density at radius 3 is 2.63 bits per heavy atom. The first kappa shape index (κ1) is 29.8. The van der Waals surface area contributed by atoms with Crippen molar-refractivity contribution in [2.75, 3.05) is 50.0 Å². The molecular formula is C33H32F4N4O4S. The van der Waals surface area contributed by atoms with E-state index in [0.717, 1.165) is 25.5 Å². The van der Waals surface area contributed by atoms with E-state index >= 15 is 8.78 Å². The molecule has 4 saturated heterocycles. The molecule has 3 aromatic carbocycles. The molecular weight excluding hydrogens is 624 g/mol. The molecule has 1 unspecified atom stereocenters. The van der Waals surface area contributed by atoms with Crippen LogP contribution in [0.3, 0.4) is 0 Å². The van der Waals surface area contributed by atoms with E-state index in [-0.39, 0.29) is 45.8 Å². The van der Waals surface area contributed by atoms with Crippen LogP contribution >= 0.6 is 0 Å². The predicted octanol–water partition coefficient (Wildman–Crippen LogP) is 5.60. The number of aromatic hydroxyl groups is 1. The molecule has 1 spiro atoms. The van der Waals surface area contributed by atoms with E-state index in [9.17, 15) is 18.1 Å². The van der Waals surface area contributed by atoms with Gasteiger partial charge >= 0.3 is 6.01 Å². The third-order valence-electron chi connectivity index (χ3n) is 10.2.